The number of benzene rings is 3. The standard InChI is InChI=1S/C24H21NO/c26-25-21-16-22(18-10-4-1-5-11-18)24(20-14-8-3-9-15-20)23(17-21)19-12-6-2-7-13-19/h1-16,23-24,26H,17H2/b25-21+/t23-,24-/m0/s1. The average Bonchev–Trinajstić information content (AvgIpc) is 2.74. The van der Waals surface area contributed by atoms with Crippen LogP contribution in [-0.2, 0) is 0 Å². The maximum atomic E-state index is 9.52. The van der Waals surface area contributed by atoms with Crippen molar-refractivity contribution in [2.45, 2.75) is 18.3 Å². The molecule has 0 saturated carbocycles. The molecule has 128 valence electrons. The summed E-state index contributed by atoms with van der Waals surface area (Å²) in [5.74, 6) is 0.441. The van der Waals surface area contributed by atoms with Crippen molar-refractivity contribution in [1.29, 1.82) is 0 Å². The molecule has 0 saturated heterocycles. The van der Waals surface area contributed by atoms with Crippen molar-refractivity contribution in [3.05, 3.63) is 114 Å². The van der Waals surface area contributed by atoms with Crippen LogP contribution in [-0.4, -0.2) is 10.9 Å². The Morgan fingerprint density at radius 3 is 1.81 bits per heavy atom. The van der Waals surface area contributed by atoms with Crippen molar-refractivity contribution in [3.63, 3.8) is 0 Å². The summed E-state index contributed by atoms with van der Waals surface area (Å²) in [5.41, 5.74) is 5.65. The van der Waals surface area contributed by atoms with Crippen molar-refractivity contribution < 1.29 is 5.21 Å². The van der Waals surface area contributed by atoms with Crippen molar-refractivity contribution >= 4 is 11.3 Å². The van der Waals surface area contributed by atoms with Crippen molar-refractivity contribution in [2.75, 3.05) is 0 Å². The van der Waals surface area contributed by atoms with E-state index in [9.17, 15) is 5.21 Å². The molecule has 0 heterocycles. The lowest BCUT2D eigenvalue weighted by atomic mass is 9.69. The zero-order chi connectivity index (χ0) is 17.8. The molecule has 3 aromatic carbocycles. The smallest absolute Gasteiger partial charge is 0.0805 e. The molecule has 3 aromatic rings. The van der Waals surface area contributed by atoms with E-state index >= 15 is 0 Å². The summed E-state index contributed by atoms with van der Waals surface area (Å²) in [6.07, 6.45) is 2.77. The van der Waals surface area contributed by atoms with Crippen molar-refractivity contribution in [2.24, 2.45) is 5.16 Å². The lowest BCUT2D eigenvalue weighted by molar-refractivity contribution is 0.317. The molecule has 2 atom stereocenters. The van der Waals surface area contributed by atoms with Crippen LogP contribution >= 0.6 is 0 Å². The molecule has 1 aliphatic rings. The van der Waals surface area contributed by atoms with Gasteiger partial charge in [-0.05, 0) is 28.3 Å². The van der Waals surface area contributed by atoms with E-state index in [0.717, 1.165) is 12.1 Å². The molecule has 0 spiro atoms. The second-order valence-corrected chi connectivity index (χ2v) is 6.67. The quantitative estimate of drug-likeness (QED) is 0.469. The fourth-order valence-corrected chi connectivity index (χ4v) is 3.93. The lowest BCUT2D eigenvalue weighted by Crippen LogP contribution is -2.22. The van der Waals surface area contributed by atoms with Gasteiger partial charge in [-0.15, -0.1) is 0 Å². The van der Waals surface area contributed by atoms with Crippen LogP contribution in [0, 0.1) is 0 Å². The highest BCUT2D eigenvalue weighted by Crippen LogP contribution is 2.47. The largest absolute Gasteiger partial charge is 0.411 e. The number of nitrogens with zero attached hydrogens (tertiary/aromatic N) is 1. The summed E-state index contributed by atoms with van der Waals surface area (Å²) in [4.78, 5) is 0. The molecule has 0 amide bonds. The van der Waals surface area contributed by atoms with Gasteiger partial charge in [0, 0.05) is 18.3 Å². The molecule has 1 N–H and O–H groups in total. The van der Waals surface area contributed by atoms with Gasteiger partial charge in [-0.2, -0.15) is 0 Å². The minimum Gasteiger partial charge on any atom is -0.411 e. The van der Waals surface area contributed by atoms with Gasteiger partial charge in [0.1, 0.15) is 0 Å². The number of oxime groups is 1. The zero-order valence-corrected chi connectivity index (χ0v) is 14.5. The Morgan fingerprint density at radius 1 is 0.692 bits per heavy atom. The molecule has 2 nitrogen and oxygen atoms in total. The van der Waals surface area contributed by atoms with Gasteiger partial charge >= 0.3 is 0 Å². The van der Waals surface area contributed by atoms with Gasteiger partial charge in [0.25, 0.3) is 0 Å². The van der Waals surface area contributed by atoms with Crippen LogP contribution in [0.4, 0.5) is 0 Å². The molecule has 2 heteroatoms. The molecule has 4 rings (SSSR count). The Morgan fingerprint density at radius 2 is 1.23 bits per heavy atom. The lowest BCUT2D eigenvalue weighted by Gasteiger charge is -2.34. The molecule has 0 radical (unpaired) electrons. The van der Waals surface area contributed by atoms with Gasteiger partial charge < -0.3 is 5.21 Å². The monoisotopic (exact) mass is 339 g/mol. The van der Waals surface area contributed by atoms with Crippen LogP contribution in [0.5, 0.6) is 0 Å². The Hall–Kier alpha value is -3.13. The summed E-state index contributed by atoms with van der Waals surface area (Å²) in [6, 6.07) is 31.6. The van der Waals surface area contributed by atoms with E-state index in [0.29, 0.717) is 0 Å². The van der Waals surface area contributed by atoms with Crippen LogP contribution in [0.2, 0.25) is 0 Å². The molecule has 0 fully saturated rings. The third-order valence-corrected chi connectivity index (χ3v) is 5.11. The van der Waals surface area contributed by atoms with Crippen LogP contribution in [0.15, 0.2) is 102 Å². The first-order chi connectivity index (χ1) is 12.9. The third-order valence-electron chi connectivity index (χ3n) is 5.11. The fourth-order valence-electron chi connectivity index (χ4n) is 3.93. The van der Waals surface area contributed by atoms with Crippen LogP contribution < -0.4 is 0 Å². The Kier molecular flexibility index (Phi) is 4.65. The van der Waals surface area contributed by atoms with Crippen LogP contribution in [0.25, 0.3) is 5.57 Å². The number of hydrogen-bond acceptors (Lipinski definition) is 2. The van der Waals surface area contributed by atoms with Gasteiger partial charge in [0.15, 0.2) is 0 Å². The third kappa shape index (κ3) is 3.18. The van der Waals surface area contributed by atoms with Crippen molar-refractivity contribution in [3.8, 4) is 0 Å². The molecule has 0 bridgehead atoms. The topological polar surface area (TPSA) is 32.6 Å². The first kappa shape index (κ1) is 16.3. The van der Waals surface area contributed by atoms with E-state index in [1.54, 1.807) is 0 Å². The Labute approximate surface area is 154 Å². The summed E-state index contributed by atoms with van der Waals surface area (Å²) >= 11 is 0. The van der Waals surface area contributed by atoms with Crippen molar-refractivity contribution in [1.82, 2.24) is 0 Å². The maximum Gasteiger partial charge on any atom is 0.0805 e. The first-order valence-electron chi connectivity index (χ1n) is 8.94. The summed E-state index contributed by atoms with van der Waals surface area (Å²) in [5, 5.41) is 13.1. The Balaban J connectivity index is 1.90. The summed E-state index contributed by atoms with van der Waals surface area (Å²) < 4.78 is 0. The first-order valence-corrected chi connectivity index (χ1v) is 8.94. The van der Waals surface area contributed by atoms with Gasteiger partial charge in [-0.3, -0.25) is 0 Å². The minimum absolute atomic E-state index is 0.214. The van der Waals surface area contributed by atoms with E-state index in [4.69, 9.17) is 0 Å². The normalized spacial score (nSPS) is 21.4. The van der Waals surface area contributed by atoms with E-state index < -0.39 is 0 Å². The summed E-state index contributed by atoms with van der Waals surface area (Å²) in [7, 11) is 0. The molecule has 26 heavy (non-hydrogen) atoms. The molecular formula is C24H21NO. The van der Waals surface area contributed by atoms with E-state index in [2.05, 4.69) is 84.0 Å². The molecule has 0 aromatic heterocycles. The highest BCUT2D eigenvalue weighted by Gasteiger charge is 2.33. The average molecular weight is 339 g/mol. The predicted molar refractivity (Wildman–Crippen MR) is 107 cm³/mol. The molecule has 1 aliphatic carbocycles. The minimum atomic E-state index is 0.214. The summed E-state index contributed by atoms with van der Waals surface area (Å²) in [6.45, 7) is 0. The van der Waals surface area contributed by atoms with E-state index in [1.165, 1.54) is 22.3 Å². The second kappa shape index (κ2) is 7.40. The van der Waals surface area contributed by atoms with Gasteiger partial charge in [-0.1, -0.05) is 96.2 Å². The SMILES string of the molecule is O/N=C1\C=C(c2ccccc2)[C@H](c2ccccc2)[C@H](c2ccccc2)C1. The molecule has 0 aliphatic heterocycles. The van der Waals surface area contributed by atoms with Gasteiger partial charge in [0.2, 0.25) is 0 Å². The molecule has 0 unspecified atom stereocenters. The number of hydrogen-bond donors (Lipinski definition) is 1. The van der Waals surface area contributed by atoms with Gasteiger partial charge in [0.05, 0.1) is 5.71 Å². The second-order valence-electron chi connectivity index (χ2n) is 6.67. The van der Waals surface area contributed by atoms with E-state index in [-0.39, 0.29) is 11.8 Å². The van der Waals surface area contributed by atoms with Crippen LogP contribution in [0.3, 0.4) is 0 Å². The maximum absolute atomic E-state index is 9.52. The predicted octanol–water partition coefficient (Wildman–Crippen LogP) is 5.87. The Bertz CT molecular complexity index is 914. The number of allylic oxidation sites excluding steroid dienone is 2. The fraction of sp³-hybridized carbons (Fsp3) is 0.125. The molecular weight excluding hydrogens is 318 g/mol. The van der Waals surface area contributed by atoms with Crippen LogP contribution in [0.1, 0.15) is 34.9 Å². The van der Waals surface area contributed by atoms with E-state index in [1.807, 2.05) is 18.2 Å². The zero-order valence-electron chi connectivity index (χ0n) is 14.5. The highest BCUT2D eigenvalue weighted by molar-refractivity contribution is 6.04. The highest BCUT2D eigenvalue weighted by atomic mass is 16.4. The number of rotatable bonds is 3. The van der Waals surface area contributed by atoms with Gasteiger partial charge in [-0.25, -0.2) is 0 Å².